The number of anilines is 1. The molecule has 0 aliphatic carbocycles. The highest BCUT2D eigenvalue weighted by Crippen LogP contribution is 2.34. The van der Waals surface area contributed by atoms with Crippen LogP contribution in [0.15, 0.2) is 60.3 Å². The molecule has 7 nitrogen and oxygen atoms in total. The van der Waals surface area contributed by atoms with Crippen LogP contribution in [0.2, 0.25) is 0 Å². The fourth-order valence-electron chi connectivity index (χ4n) is 2.80. The summed E-state index contributed by atoms with van der Waals surface area (Å²) >= 11 is 1.26. The molecule has 1 aliphatic heterocycles. The maximum Gasteiger partial charge on any atom is 0.234 e. The zero-order valence-corrected chi connectivity index (χ0v) is 16.1. The third-order valence-corrected chi connectivity index (χ3v) is 5.09. The third kappa shape index (κ3) is 4.24. The molecule has 148 valence electrons. The van der Waals surface area contributed by atoms with Crippen LogP contribution in [0.1, 0.15) is 0 Å². The van der Waals surface area contributed by atoms with Crippen LogP contribution >= 0.6 is 11.8 Å². The summed E-state index contributed by atoms with van der Waals surface area (Å²) in [5.74, 6) is 1.48. The van der Waals surface area contributed by atoms with Crippen molar-refractivity contribution in [2.75, 3.05) is 17.9 Å². The summed E-state index contributed by atoms with van der Waals surface area (Å²) in [6, 6.07) is 11.2. The van der Waals surface area contributed by atoms with Crippen molar-refractivity contribution in [2.24, 2.45) is 0 Å². The van der Waals surface area contributed by atoms with E-state index < -0.39 is 0 Å². The number of carbonyl (C=O) groups is 1. The van der Waals surface area contributed by atoms with E-state index in [0.29, 0.717) is 34.7 Å². The number of thioether (sulfide) groups is 1. The van der Waals surface area contributed by atoms with E-state index in [1.807, 2.05) is 4.57 Å². The molecule has 29 heavy (non-hydrogen) atoms. The monoisotopic (exact) mass is 412 g/mol. The fraction of sp³-hybridized carbons (Fsp3) is 0.150. The van der Waals surface area contributed by atoms with Gasteiger partial charge in [-0.1, -0.05) is 17.8 Å². The predicted molar refractivity (Wildman–Crippen MR) is 108 cm³/mol. The second-order valence-electron chi connectivity index (χ2n) is 6.12. The Labute approximate surface area is 170 Å². The lowest BCUT2D eigenvalue weighted by Crippen LogP contribution is -2.14. The van der Waals surface area contributed by atoms with Crippen molar-refractivity contribution < 1.29 is 18.7 Å². The molecule has 0 saturated carbocycles. The maximum absolute atomic E-state index is 13.2. The fourth-order valence-corrected chi connectivity index (χ4v) is 3.55. The molecule has 0 radical (unpaired) electrons. The Kier molecular flexibility index (Phi) is 5.48. The summed E-state index contributed by atoms with van der Waals surface area (Å²) in [6.07, 6.45) is 1.72. The van der Waals surface area contributed by atoms with E-state index in [1.54, 1.807) is 36.4 Å². The number of nitrogens with one attached hydrogen (secondary N) is 1. The highest BCUT2D eigenvalue weighted by molar-refractivity contribution is 7.99. The highest BCUT2D eigenvalue weighted by atomic mass is 32.2. The first kappa shape index (κ1) is 19.0. The van der Waals surface area contributed by atoms with E-state index >= 15 is 0 Å². The number of benzene rings is 2. The van der Waals surface area contributed by atoms with Gasteiger partial charge in [-0.3, -0.25) is 9.36 Å². The zero-order chi connectivity index (χ0) is 20.2. The Morgan fingerprint density at radius 3 is 2.79 bits per heavy atom. The number of hydrogen-bond acceptors (Lipinski definition) is 6. The minimum Gasteiger partial charge on any atom is -0.454 e. The molecule has 0 spiro atoms. The lowest BCUT2D eigenvalue weighted by atomic mass is 10.2. The van der Waals surface area contributed by atoms with Crippen LogP contribution in [0.25, 0.3) is 11.4 Å². The Morgan fingerprint density at radius 2 is 2.00 bits per heavy atom. The van der Waals surface area contributed by atoms with Crippen molar-refractivity contribution in [3.63, 3.8) is 0 Å². The summed E-state index contributed by atoms with van der Waals surface area (Å²) < 4.78 is 25.6. The minimum absolute atomic E-state index is 0.146. The van der Waals surface area contributed by atoms with Crippen molar-refractivity contribution in [1.82, 2.24) is 14.8 Å². The number of halogens is 1. The quantitative estimate of drug-likeness (QED) is 0.471. The van der Waals surface area contributed by atoms with Crippen LogP contribution in [0.5, 0.6) is 11.5 Å². The van der Waals surface area contributed by atoms with Crippen LogP contribution < -0.4 is 14.8 Å². The largest absolute Gasteiger partial charge is 0.454 e. The van der Waals surface area contributed by atoms with Crippen LogP contribution in [0, 0.1) is 5.82 Å². The van der Waals surface area contributed by atoms with Crippen molar-refractivity contribution >= 4 is 23.4 Å². The molecule has 0 atom stereocenters. The molecule has 9 heteroatoms. The lowest BCUT2D eigenvalue weighted by Gasteiger charge is -2.08. The van der Waals surface area contributed by atoms with Gasteiger partial charge in [0, 0.05) is 23.9 Å². The molecule has 3 aromatic rings. The molecule has 0 unspecified atom stereocenters. The summed E-state index contributed by atoms with van der Waals surface area (Å²) in [5.41, 5.74) is 1.36. The second-order valence-corrected chi connectivity index (χ2v) is 7.06. The molecule has 2 heterocycles. The molecule has 1 N–H and O–H groups in total. The van der Waals surface area contributed by atoms with Gasteiger partial charge in [0.2, 0.25) is 12.7 Å². The number of ether oxygens (including phenoxy) is 2. The van der Waals surface area contributed by atoms with Gasteiger partial charge in [-0.2, -0.15) is 0 Å². The number of rotatable bonds is 7. The standard InChI is InChI=1S/C20H17FN4O3S/c1-2-9-25-19(13-3-5-14(21)6-4-13)23-24-20(25)29-11-18(26)22-15-7-8-16-17(10-15)28-12-27-16/h2-8,10H,1,9,11-12H2,(H,22,26). The average molecular weight is 412 g/mol. The summed E-state index contributed by atoms with van der Waals surface area (Å²) in [4.78, 5) is 12.3. The normalized spacial score (nSPS) is 12.0. The molecule has 0 fully saturated rings. The SMILES string of the molecule is C=CCn1c(SCC(=O)Nc2ccc3c(c2)OCO3)nnc1-c1ccc(F)cc1. The number of carbonyl (C=O) groups excluding carboxylic acids is 1. The van der Waals surface area contributed by atoms with Crippen molar-refractivity contribution in [1.29, 1.82) is 0 Å². The molecular formula is C20H17FN4O3S. The summed E-state index contributed by atoms with van der Waals surface area (Å²) in [5, 5.41) is 11.8. The van der Waals surface area contributed by atoms with Gasteiger partial charge in [0.1, 0.15) is 5.82 Å². The van der Waals surface area contributed by atoms with Gasteiger partial charge in [0.25, 0.3) is 0 Å². The van der Waals surface area contributed by atoms with Gasteiger partial charge < -0.3 is 14.8 Å². The van der Waals surface area contributed by atoms with E-state index in [2.05, 4.69) is 22.1 Å². The Morgan fingerprint density at radius 1 is 1.21 bits per heavy atom. The number of allylic oxidation sites excluding steroid dienone is 1. The summed E-state index contributed by atoms with van der Waals surface area (Å²) in [6.45, 7) is 4.40. The Balaban J connectivity index is 1.44. The van der Waals surface area contributed by atoms with Gasteiger partial charge in [0.05, 0.1) is 5.75 Å². The number of fused-ring (bicyclic) bond motifs is 1. The topological polar surface area (TPSA) is 78.3 Å². The summed E-state index contributed by atoms with van der Waals surface area (Å²) in [7, 11) is 0. The number of hydrogen-bond donors (Lipinski definition) is 1. The maximum atomic E-state index is 13.2. The Bertz CT molecular complexity index is 1050. The van der Waals surface area contributed by atoms with Crippen LogP contribution in [-0.4, -0.2) is 33.2 Å². The van der Waals surface area contributed by atoms with E-state index in [9.17, 15) is 9.18 Å². The second kappa shape index (κ2) is 8.36. The van der Waals surface area contributed by atoms with E-state index in [0.717, 1.165) is 5.56 Å². The van der Waals surface area contributed by atoms with E-state index in [4.69, 9.17) is 9.47 Å². The zero-order valence-electron chi connectivity index (χ0n) is 15.3. The molecule has 2 aromatic carbocycles. The number of aromatic nitrogens is 3. The molecule has 1 aromatic heterocycles. The molecular weight excluding hydrogens is 395 g/mol. The molecule has 0 bridgehead atoms. The van der Waals surface area contributed by atoms with Crippen molar-refractivity contribution in [3.8, 4) is 22.9 Å². The average Bonchev–Trinajstić information content (AvgIpc) is 3.34. The molecule has 0 saturated heterocycles. The van der Waals surface area contributed by atoms with Crippen molar-refractivity contribution in [3.05, 3.63) is 60.9 Å². The smallest absolute Gasteiger partial charge is 0.234 e. The highest BCUT2D eigenvalue weighted by Gasteiger charge is 2.17. The van der Waals surface area contributed by atoms with E-state index in [-0.39, 0.29) is 24.3 Å². The van der Waals surface area contributed by atoms with Crippen molar-refractivity contribution in [2.45, 2.75) is 11.7 Å². The van der Waals surface area contributed by atoms with Gasteiger partial charge in [0.15, 0.2) is 22.5 Å². The Hall–Kier alpha value is -3.33. The predicted octanol–water partition coefficient (Wildman–Crippen LogP) is 3.73. The number of nitrogens with zero attached hydrogens (tertiary/aromatic N) is 3. The lowest BCUT2D eigenvalue weighted by molar-refractivity contribution is -0.113. The van der Waals surface area contributed by atoms with Crippen LogP contribution in [0.3, 0.4) is 0 Å². The van der Waals surface area contributed by atoms with Crippen LogP contribution in [-0.2, 0) is 11.3 Å². The van der Waals surface area contributed by atoms with E-state index in [1.165, 1.54) is 23.9 Å². The molecule has 1 aliphatic rings. The first-order valence-corrected chi connectivity index (χ1v) is 9.75. The van der Waals surface area contributed by atoms with Crippen LogP contribution in [0.4, 0.5) is 10.1 Å². The molecule has 1 amide bonds. The molecule has 4 rings (SSSR count). The first-order valence-electron chi connectivity index (χ1n) is 8.76. The first-order chi connectivity index (χ1) is 14.1. The minimum atomic E-state index is -0.321. The van der Waals surface area contributed by atoms with Gasteiger partial charge >= 0.3 is 0 Å². The third-order valence-electron chi connectivity index (χ3n) is 4.12. The van der Waals surface area contributed by atoms with Gasteiger partial charge in [-0.15, -0.1) is 16.8 Å². The van der Waals surface area contributed by atoms with Gasteiger partial charge in [-0.05, 0) is 36.4 Å². The van der Waals surface area contributed by atoms with Gasteiger partial charge in [-0.25, -0.2) is 4.39 Å². The number of amides is 1.